The molecule has 2 unspecified atom stereocenters. The Labute approximate surface area is 148 Å². The van der Waals surface area contributed by atoms with Gasteiger partial charge in [-0.25, -0.2) is 4.39 Å². The molecule has 1 fully saturated rings. The van der Waals surface area contributed by atoms with Crippen molar-refractivity contribution in [1.82, 2.24) is 4.90 Å². The minimum Gasteiger partial charge on any atom is -0.336 e. The smallest absolute Gasteiger partial charge is 0.256 e. The molecule has 1 heterocycles. The Hall–Kier alpha value is -2.20. The zero-order valence-corrected chi connectivity index (χ0v) is 14.8. The number of hydrogen-bond donors (Lipinski definition) is 1. The van der Waals surface area contributed by atoms with Gasteiger partial charge >= 0.3 is 0 Å². The third-order valence-electron chi connectivity index (χ3n) is 4.95. The second kappa shape index (κ2) is 7.36. The van der Waals surface area contributed by atoms with E-state index in [1.807, 2.05) is 0 Å². The summed E-state index contributed by atoms with van der Waals surface area (Å²) >= 11 is 0. The van der Waals surface area contributed by atoms with Crippen molar-refractivity contribution in [1.29, 1.82) is 0 Å². The summed E-state index contributed by atoms with van der Waals surface area (Å²) in [5, 5.41) is 0. The van der Waals surface area contributed by atoms with Gasteiger partial charge in [0.2, 0.25) is 0 Å². The summed E-state index contributed by atoms with van der Waals surface area (Å²) in [4.78, 5) is 14.4. The van der Waals surface area contributed by atoms with Crippen molar-refractivity contribution in [2.24, 2.45) is 5.73 Å². The average Bonchev–Trinajstić information content (AvgIpc) is 2.61. The maximum absolute atomic E-state index is 14.0. The summed E-state index contributed by atoms with van der Waals surface area (Å²) in [6, 6.07) is 14.6. The fourth-order valence-corrected chi connectivity index (χ4v) is 3.50. The highest BCUT2D eigenvalue weighted by Gasteiger charge is 2.30. The summed E-state index contributed by atoms with van der Waals surface area (Å²) in [5.41, 5.74) is 8.79. The van der Waals surface area contributed by atoms with Crippen molar-refractivity contribution in [3.05, 3.63) is 71.0 Å². The SMILES string of the molecule is CC(C)c1ccc(C2CC(N)CN(C(=O)c3ccccc3F)C2)cc1. The maximum atomic E-state index is 14.0. The third kappa shape index (κ3) is 3.90. The highest BCUT2D eigenvalue weighted by molar-refractivity contribution is 5.94. The second-order valence-corrected chi connectivity index (χ2v) is 7.20. The lowest BCUT2D eigenvalue weighted by Crippen LogP contribution is -2.48. The lowest BCUT2D eigenvalue weighted by molar-refractivity contribution is 0.0684. The fraction of sp³-hybridized carbons (Fsp3) is 0.381. The number of piperidine rings is 1. The summed E-state index contributed by atoms with van der Waals surface area (Å²) < 4.78 is 14.0. The predicted octanol–water partition coefficient (Wildman–Crippen LogP) is 3.91. The number of halogens is 1. The molecule has 1 saturated heterocycles. The summed E-state index contributed by atoms with van der Waals surface area (Å²) in [7, 11) is 0. The molecule has 0 bridgehead atoms. The van der Waals surface area contributed by atoms with Gasteiger partial charge in [0, 0.05) is 25.0 Å². The molecule has 1 aliphatic heterocycles. The van der Waals surface area contributed by atoms with Crippen LogP contribution in [0.2, 0.25) is 0 Å². The molecule has 4 heteroatoms. The van der Waals surface area contributed by atoms with Crippen LogP contribution in [0, 0.1) is 5.82 Å². The van der Waals surface area contributed by atoms with Crippen molar-refractivity contribution in [2.75, 3.05) is 13.1 Å². The Balaban J connectivity index is 1.79. The first kappa shape index (κ1) is 17.6. The molecule has 2 N–H and O–H groups in total. The van der Waals surface area contributed by atoms with E-state index in [0.29, 0.717) is 19.0 Å². The summed E-state index contributed by atoms with van der Waals surface area (Å²) in [5.74, 6) is -0.0935. The number of nitrogens with zero attached hydrogens (tertiary/aromatic N) is 1. The van der Waals surface area contributed by atoms with Crippen LogP contribution >= 0.6 is 0 Å². The molecule has 2 aromatic rings. The normalized spacial score (nSPS) is 20.8. The molecule has 0 saturated carbocycles. The van der Waals surface area contributed by atoms with Crippen LogP contribution in [0.1, 0.15) is 53.6 Å². The number of hydrogen-bond acceptors (Lipinski definition) is 2. The first-order chi connectivity index (χ1) is 12.0. The van der Waals surface area contributed by atoms with Crippen molar-refractivity contribution in [3.8, 4) is 0 Å². The van der Waals surface area contributed by atoms with Crippen molar-refractivity contribution < 1.29 is 9.18 Å². The summed E-state index contributed by atoms with van der Waals surface area (Å²) in [6.07, 6.45) is 0.835. The summed E-state index contributed by atoms with van der Waals surface area (Å²) in [6.45, 7) is 5.37. The quantitative estimate of drug-likeness (QED) is 0.921. The Morgan fingerprint density at radius 2 is 1.80 bits per heavy atom. The first-order valence-electron chi connectivity index (χ1n) is 8.85. The van der Waals surface area contributed by atoms with Gasteiger partial charge in [-0.05, 0) is 35.6 Å². The number of carbonyl (C=O) groups excluding carboxylic acids is 1. The van der Waals surface area contributed by atoms with Crippen LogP contribution in [0.3, 0.4) is 0 Å². The maximum Gasteiger partial charge on any atom is 0.256 e. The van der Waals surface area contributed by atoms with E-state index in [2.05, 4.69) is 38.1 Å². The predicted molar refractivity (Wildman–Crippen MR) is 98.2 cm³/mol. The van der Waals surface area contributed by atoms with Crippen molar-refractivity contribution in [2.45, 2.75) is 38.1 Å². The highest BCUT2D eigenvalue weighted by atomic mass is 19.1. The van der Waals surface area contributed by atoms with Gasteiger partial charge in [-0.2, -0.15) is 0 Å². The van der Waals surface area contributed by atoms with Crippen LogP contribution in [-0.2, 0) is 0 Å². The van der Waals surface area contributed by atoms with E-state index in [1.54, 1.807) is 17.0 Å². The molecular formula is C21H25FN2O. The largest absolute Gasteiger partial charge is 0.336 e. The van der Waals surface area contributed by atoms with Gasteiger partial charge in [0.05, 0.1) is 5.56 Å². The molecule has 1 aliphatic rings. The number of nitrogens with two attached hydrogens (primary N) is 1. The first-order valence-corrected chi connectivity index (χ1v) is 8.85. The lowest BCUT2D eigenvalue weighted by atomic mass is 9.87. The van der Waals surface area contributed by atoms with Crippen LogP contribution in [0.25, 0.3) is 0 Å². The molecule has 25 heavy (non-hydrogen) atoms. The van der Waals surface area contributed by atoms with E-state index in [-0.39, 0.29) is 23.4 Å². The molecular weight excluding hydrogens is 315 g/mol. The molecule has 1 amide bonds. The topological polar surface area (TPSA) is 46.3 Å². The van der Waals surface area contributed by atoms with Crippen molar-refractivity contribution >= 4 is 5.91 Å². The van der Waals surface area contributed by atoms with Crippen LogP contribution in [-0.4, -0.2) is 29.9 Å². The van der Waals surface area contributed by atoms with E-state index in [1.165, 1.54) is 23.3 Å². The van der Waals surface area contributed by atoms with Gasteiger partial charge in [0.1, 0.15) is 5.82 Å². The van der Waals surface area contributed by atoms with Gasteiger partial charge in [0.15, 0.2) is 0 Å². The minimum atomic E-state index is -0.482. The number of carbonyl (C=O) groups is 1. The van der Waals surface area contributed by atoms with E-state index < -0.39 is 5.82 Å². The standard InChI is InChI=1S/C21H25FN2O/c1-14(2)15-7-9-16(10-8-15)17-11-18(23)13-24(12-17)21(25)19-5-3-4-6-20(19)22/h3-10,14,17-18H,11-13,23H2,1-2H3. The zero-order valence-electron chi connectivity index (χ0n) is 14.8. The number of benzene rings is 2. The van der Waals surface area contributed by atoms with Gasteiger partial charge in [-0.1, -0.05) is 50.2 Å². The molecule has 3 rings (SSSR count). The molecule has 0 spiro atoms. The Morgan fingerprint density at radius 1 is 1.12 bits per heavy atom. The molecule has 2 atom stereocenters. The Morgan fingerprint density at radius 3 is 2.44 bits per heavy atom. The molecule has 3 nitrogen and oxygen atoms in total. The van der Waals surface area contributed by atoms with Crippen LogP contribution in [0.5, 0.6) is 0 Å². The second-order valence-electron chi connectivity index (χ2n) is 7.20. The van der Waals surface area contributed by atoms with Crippen LogP contribution in [0.4, 0.5) is 4.39 Å². The van der Waals surface area contributed by atoms with Gasteiger partial charge in [0.25, 0.3) is 5.91 Å². The van der Waals surface area contributed by atoms with E-state index >= 15 is 0 Å². The van der Waals surface area contributed by atoms with Gasteiger partial charge < -0.3 is 10.6 Å². The third-order valence-corrected chi connectivity index (χ3v) is 4.95. The van der Waals surface area contributed by atoms with Gasteiger partial charge in [-0.3, -0.25) is 4.79 Å². The van der Waals surface area contributed by atoms with E-state index in [4.69, 9.17) is 5.73 Å². The van der Waals surface area contributed by atoms with Crippen LogP contribution < -0.4 is 5.73 Å². The van der Waals surface area contributed by atoms with Crippen molar-refractivity contribution in [3.63, 3.8) is 0 Å². The fourth-order valence-electron chi connectivity index (χ4n) is 3.50. The molecule has 0 radical (unpaired) electrons. The number of rotatable bonds is 3. The van der Waals surface area contributed by atoms with Gasteiger partial charge in [-0.15, -0.1) is 0 Å². The van der Waals surface area contributed by atoms with E-state index in [9.17, 15) is 9.18 Å². The average molecular weight is 340 g/mol. The zero-order chi connectivity index (χ0) is 18.0. The lowest BCUT2D eigenvalue weighted by Gasteiger charge is -2.36. The van der Waals surface area contributed by atoms with Crippen LogP contribution in [0.15, 0.2) is 48.5 Å². The molecule has 0 aromatic heterocycles. The minimum absolute atomic E-state index is 0.0979. The molecule has 0 aliphatic carbocycles. The monoisotopic (exact) mass is 340 g/mol. The Bertz CT molecular complexity index is 742. The Kier molecular flexibility index (Phi) is 5.19. The molecule has 2 aromatic carbocycles. The number of likely N-dealkylation sites (tertiary alicyclic amines) is 1. The van der Waals surface area contributed by atoms with E-state index in [0.717, 1.165) is 6.42 Å². The highest BCUT2D eigenvalue weighted by Crippen LogP contribution is 2.29. The molecule has 132 valence electrons. The number of amides is 1.